The fourth-order valence-corrected chi connectivity index (χ4v) is 5.54. The third-order valence-corrected chi connectivity index (χ3v) is 7.49. The number of benzene rings is 2. The smallest absolute Gasteiger partial charge is 0.343 e. The average molecular weight is 608 g/mol. The largest absolute Gasteiger partial charge is 0.490 e. The van der Waals surface area contributed by atoms with Gasteiger partial charge in [-0.2, -0.15) is 0 Å². The fraction of sp³-hybridized carbons (Fsp3) is 0.308. The summed E-state index contributed by atoms with van der Waals surface area (Å²) in [6, 6.07) is 9.65. The van der Waals surface area contributed by atoms with Crippen molar-refractivity contribution in [2.45, 2.75) is 26.2 Å². The molecule has 8 nitrogen and oxygen atoms in total. The van der Waals surface area contributed by atoms with Gasteiger partial charge in [0.1, 0.15) is 6.54 Å². The first-order valence-corrected chi connectivity index (χ1v) is 13.7. The first-order valence-electron chi connectivity index (χ1n) is 11.7. The molecule has 2 saturated heterocycles. The lowest BCUT2D eigenvalue weighted by atomic mass is 10.1. The lowest BCUT2D eigenvalue weighted by molar-refractivity contribution is -0.136. The van der Waals surface area contributed by atoms with Crippen LogP contribution in [0.25, 0.3) is 6.08 Å². The van der Waals surface area contributed by atoms with E-state index < -0.39 is 17.1 Å². The summed E-state index contributed by atoms with van der Waals surface area (Å²) in [5.74, 6) is -0.917. The van der Waals surface area contributed by atoms with Crippen LogP contribution in [0.3, 0.4) is 0 Å². The summed E-state index contributed by atoms with van der Waals surface area (Å²) < 4.78 is 11.7. The van der Waals surface area contributed by atoms with Gasteiger partial charge < -0.3 is 14.4 Å². The van der Waals surface area contributed by atoms with E-state index in [-0.39, 0.29) is 34.4 Å². The Kier molecular flexibility index (Phi) is 8.94. The molecule has 0 spiro atoms. The summed E-state index contributed by atoms with van der Waals surface area (Å²) >= 11 is 10.2. The van der Waals surface area contributed by atoms with Crippen LogP contribution < -0.4 is 9.47 Å². The molecule has 0 radical (unpaired) electrons. The third kappa shape index (κ3) is 6.55. The SMILES string of the molecule is CCOc1cc(/C=C2\SC(=O)N(CC(=O)N3CCCCC3)C2=O)cc(Br)c1OC(=O)c1cccc(Cl)c1. The van der Waals surface area contributed by atoms with E-state index in [1.165, 1.54) is 6.07 Å². The maximum atomic E-state index is 13.0. The molecule has 0 aromatic heterocycles. The van der Waals surface area contributed by atoms with Gasteiger partial charge >= 0.3 is 5.97 Å². The van der Waals surface area contributed by atoms with Crippen molar-refractivity contribution in [3.05, 3.63) is 61.9 Å². The number of likely N-dealkylation sites (tertiary alicyclic amines) is 1. The fourth-order valence-electron chi connectivity index (χ4n) is 3.97. The van der Waals surface area contributed by atoms with Crippen LogP contribution in [0.4, 0.5) is 4.79 Å². The zero-order valence-electron chi connectivity index (χ0n) is 20.0. The van der Waals surface area contributed by atoms with Crippen molar-refractivity contribution in [2.75, 3.05) is 26.2 Å². The lowest BCUT2D eigenvalue weighted by Gasteiger charge is -2.27. The molecule has 0 saturated carbocycles. The molecule has 2 fully saturated rings. The summed E-state index contributed by atoms with van der Waals surface area (Å²) in [5.41, 5.74) is 0.824. The van der Waals surface area contributed by atoms with Crippen LogP contribution in [0.5, 0.6) is 11.5 Å². The van der Waals surface area contributed by atoms with E-state index in [0.29, 0.717) is 34.8 Å². The van der Waals surface area contributed by atoms with Gasteiger partial charge in [0.2, 0.25) is 5.91 Å². The van der Waals surface area contributed by atoms with E-state index in [4.69, 9.17) is 21.1 Å². The molecule has 2 aliphatic heterocycles. The zero-order valence-corrected chi connectivity index (χ0v) is 23.2. The molecule has 0 atom stereocenters. The number of carbonyl (C=O) groups excluding carboxylic acids is 4. The monoisotopic (exact) mass is 606 g/mol. The van der Waals surface area contributed by atoms with Gasteiger partial charge in [-0.15, -0.1) is 0 Å². The van der Waals surface area contributed by atoms with Gasteiger partial charge in [-0.05, 0) is 95.8 Å². The van der Waals surface area contributed by atoms with Crippen molar-refractivity contribution < 1.29 is 28.7 Å². The number of nitrogens with zero attached hydrogens (tertiary/aromatic N) is 2. The highest BCUT2D eigenvalue weighted by atomic mass is 79.9. The Labute approximate surface area is 232 Å². The molecule has 3 amide bonds. The van der Waals surface area contributed by atoms with Gasteiger partial charge in [0, 0.05) is 18.1 Å². The Morgan fingerprint density at radius 3 is 2.59 bits per heavy atom. The molecular weight excluding hydrogens is 584 g/mol. The molecule has 0 N–H and O–H groups in total. The van der Waals surface area contributed by atoms with Crippen molar-refractivity contribution in [2.24, 2.45) is 0 Å². The number of hydrogen-bond donors (Lipinski definition) is 0. The maximum Gasteiger partial charge on any atom is 0.343 e. The van der Waals surface area contributed by atoms with Crippen molar-refractivity contribution in [1.82, 2.24) is 9.80 Å². The standard InChI is InChI=1S/C26H24BrClN2O6S/c1-2-35-20-12-16(11-19(27)23(20)36-25(33)17-7-6-8-18(28)14-17)13-21-24(32)30(26(34)37-21)15-22(31)29-9-4-3-5-10-29/h6-8,11-14H,2-5,9-10,15H2,1H3/b21-13-. The number of imide groups is 1. The Balaban J connectivity index is 1.54. The number of carbonyl (C=O) groups is 4. The number of amides is 3. The summed E-state index contributed by atoms with van der Waals surface area (Å²) in [6.45, 7) is 3.11. The van der Waals surface area contributed by atoms with Crippen molar-refractivity contribution >= 4 is 68.4 Å². The molecule has 37 heavy (non-hydrogen) atoms. The van der Waals surface area contributed by atoms with E-state index in [2.05, 4.69) is 15.9 Å². The van der Waals surface area contributed by atoms with Crippen molar-refractivity contribution in [3.63, 3.8) is 0 Å². The Morgan fingerprint density at radius 2 is 1.89 bits per heavy atom. The number of esters is 1. The molecule has 2 aliphatic rings. The molecule has 2 aromatic carbocycles. The van der Waals surface area contributed by atoms with Crippen LogP contribution in [0.15, 0.2) is 45.8 Å². The molecule has 4 rings (SSSR count). The number of thioether (sulfide) groups is 1. The van der Waals surface area contributed by atoms with Crippen LogP contribution in [-0.2, 0) is 9.59 Å². The summed E-state index contributed by atoms with van der Waals surface area (Å²) in [7, 11) is 0. The van der Waals surface area contributed by atoms with Gasteiger partial charge in [-0.3, -0.25) is 19.3 Å². The average Bonchev–Trinajstić information content (AvgIpc) is 3.13. The first kappa shape index (κ1) is 27.2. The van der Waals surface area contributed by atoms with Crippen LogP contribution in [-0.4, -0.2) is 59.1 Å². The molecule has 2 heterocycles. The van der Waals surface area contributed by atoms with Crippen LogP contribution in [0.1, 0.15) is 42.1 Å². The minimum Gasteiger partial charge on any atom is -0.490 e. The van der Waals surface area contributed by atoms with E-state index in [0.717, 1.165) is 35.9 Å². The summed E-state index contributed by atoms with van der Waals surface area (Å²) in [5, 5.41) is -0.0850. The van der Waals surface area contributed by atoms with Crippen LogP contribution in [0, 0.1) is 0 Å². The molecule has 194 valence electrons. The minimum absolute atomic E-state index is 0.171. The van der Waals surface area contributed by atoms with Crippen LogP contribution in [0.2, 0.25) is 5.02 Å². The predicted octanol–water partition coefficient (Wildman–Crippen LogP) is 5.77. The van der Waals surface area contributed by atoms with Gasteiger partial charge in [-0.25, -0.2) is 4.79 Å². The highest BCUT2D eigenvalue weighted by Crippen LogP contribution is 2.40. The molecule has 2 aromatic rings. The van der Waals surface area contributed by atoms with Gasteiger partial charge in [0.15, 0.2) is 11.5 Å². The molecule has 0 unspecified atom stereocenters. The Morgan fingerprint density at radius 1 is 1.14 bits per heavy atom. The van der Waals surface area contributed by atoms with Gasteiger partial charge in [0.25, 0.3) is 11.1 Å². The molecule has 0 bridgehead atoms. The lowest BCUT2D eigenvalue weighted by Crippen LogP contribution is -2.44. The number of rotatable bonds is 7. The molecule has 0 aliphatic carbocycles. The first-order chi connectivity index (χ1) is 17.8. The summed E-state index contributed by atoms with van der Waals surface area (Å²) in [6.07, 6.45) is 4.47. The van der Waals surface area contributed by atoms with Crippen molar-refractivity contribution in [1.29, 1.82) is 0 Å². The van der Waals surface area contributed by atoms with Crippen LogP contribution >= 0.6 is 39.3 Å². The highest BCUT2D eigenvalue weighted by Gasteiger charge is 2.37. The maximum absolute atomic E-state index is 13.0. The molecule has 11 heteroatoms. The number of hydrogen-bond acceptors (Lipinski definition) is 7. The van der Waals surface area contributed by atoms with E-state index in [1.807, 2.05) is 0 Å². The third-order valence-electron chi connectivity index (χ3n) is 5.76. The zero-order chi connectivity index (χ0) is 26.5. The second-order valence-electron chi connectivity index (χ2n) is 8.37. The number of piperidine rings is 1. The Bertz CT molecular complexity index is 1280. The molecular formula is C26H24BrClN2O6S. The minimum atomic E-state index is -0.614. The second-order valence-corrected chi connectivity index (χ2v) is 10.7. The number of ether oxygens (including phenoxy) is 2. The summed E-state index contributed by atoms with van der Waals surface area (Å²) in [4.78, 5) is 53.6. The Hall–Kier alpha value is -2.82. The van der Waals surface area contributed by atoms with Gasteiger partial charge in [0.05, 0.1) is 21.5 Å². The topological polar surface area (TPSA) is 93.2 Å². The van der Waals surface area contributed by atoms with Crippen molar-refractivity contribution in [3.8, 4) is 11.5 Å². The van der Waals surface area contributed by atoms with E-state index >= 15 is 0 Å². The van der Waals surface area contributed by atoms with E-state index in [9.17, 15) is 19.2 Å². The second kappa shape index (κ2) is 12.1. The predicted molar refractivity (Wildman–Crippen MR) is 145 cm³/mol. The highest BCUT2D eigenvalue weighted by molar-refractivity contribution is 9.10. The van der Waals surface area contributed by atoms with E-state index in [1.54, 1.807) is 48.2 Å². The number of halogens is 2. The van der Waals surface area contributed by atoms with Gasteiger partial charge in [-0.1, -0.05) is 17.7 Å². The normalized spacial score (nSPS) is 16.9. The quantitative estimate of drug-likeness (QED) is 0.224.